The number of H-pyrrole nitrogens is 2. The predicted molar refractivity (Wildman–Crippen MR) is 113 cm³/mol. The molecular weight excluding hydrogens is 401 g/mol. The molecule has 5 heterocycles. The van der Waals surface area contributed by atoms with Gasteiger partial charge in [-0.15, -0.1) is 0 Å². The van der Waals surface area contributed by atoms with Gasteiger partial charge in [-0.05, 0) is 35.2 Å². The third kappa shape index (κ3) is 2.60. The normalized spacial score (nSPS) is 11.5. The Hall–Kier alpha value is -3.98. The van der Waals surface area contributed by atoms with E-state index >= 15 is 0 Å². The number of halogens is 1. The Morgan fingerprint density at radius 2 is 1.87 bits per heavy atom. The van der Waals surface area contributed by atoms with Gasteiger partial charge in [0.15, 0.2) is 11.6 Å². The first kappa shape index (κ1) is 16.9. The second kappa shape index (κ2) is 6.53. The lowest BCUT2D eigenvalue weighted by Gasteiger charge is -2.02. The Morgan fingerprint density at radius 3 is 2.70 bits per heavy atom. The molecule has 0 unspecified atom stereocenters. The highest BCUT2D eigenvalue weighted by molar-refractivity contribution is 7.08. The summed E-state index contributed by atoms with van der Waals surface area (Å²) in [5, 5.41) is 11.8. The minimum absolute atomic E-state index is 0.252. The van der Waals surface area contributed by atoms with Gasteiger partial charge >= 0.3 is 0 Å². The van der Waals surface area contributed by atoms with Crippen LogP contribution in [0.25, 0.3) is 55.8 Å². The molecule has 9 heteroatoms. The van der Waals surface area contributed by atoms with E-state index in [1.807, 2.05) is 29.0 Å². The van der Waals surface area contributed by atoms with E-state index in [9.17, 15) is 4.39 Å². The highest BCUT2D eigenvalue weighted by Gasteiger charge is 2.18. The van der Waals surface area contributed by atoms with E-state index in [0.29, 0.717) is 22.5 Å². The Balaban J connectivity index is 1.56. The standard InChI is InChI=1S/C21H12FN7S/c22-15-6-12(13-7-23-10-24-8-13)5-14-18(15)28-29-19(14)21-26-16-1-3-25-17(20(16)27-21)11-2-4-30-9-11/h1-10H,(H,26,27)(H,28,29). The van der Waals surface area contributed by atoms with Crippen LogP contribution in [-0.2, 0) is 0 Å². The molecule has 0 fully saturated rings. The SMILES string of the molecule is Fc1cc(-c2cncnc2)cc2c(-c3nc4c(-c5ccsc5)nccc4[nH]3)[nH]nc12. The summed E-state index contributed by atoms with van der Waals surface area (Å²) in [5.41, 5.74) is 5.65. The largest absolute Gasteiger partial charge is 0.337 e. The van der Waals surface area contributed by atoms with Gasteiger partial charge in [-0.25, -0.2) is 19.3 Å². The number of aromatic amines is 2. The van der Waals surface area contributed by atoms with Gasteiger partial charge in [0.25, 0.3) is 0 Å². The average Bonchev–Trinajstić information content (AvgIpc) is 3.52. The molecule has 0 bridgehead atoms. The van der Waals surface area contributed by atoms with E-state index in [2.05, 4.69) is 30.1 Å². The summed E-state index contributed by atoms with van der Waals surface area (Å²) in [4.78, 5) is 20.6. The molecule has 0 saturated carbocycles. The fourth-order valence-corrected chi connectivity index (χ4v) is 4.18. The fraction of sp³-hybridized carbons (Fsp3) is 0. The molecule has 0 amide bonds. The van der Waals surface area contributed by atoms with Crippen LogP contribution in [0.5, 0.6) is 0 Å². The van der Waals surface area contributed by atoms with Crippen molar-refractivity contribution in [3.63, 3.8) is 0 Å². The molecule has 144 valence electrons. The number of fused-ring (bicyclic) bond motifs is 2. The minimum atomic E-state index is -0.425. The summed E-state index contributed by atoms with van der Waals surface area (Å²) in [6.45, 7) is 0. The summed E-state index contributed by atoms with van der Waals surface area (Å²) in [5.74, 6) is 0.142. The van der Waals surface area contributed by atoms with Crippen molar-refractivity contribution >= 4 is 33.3 Å². The number of nitrogens with zero attached hydrogens (tertiary/aromatic N) is 5. The van der Waals surface area contributed by atoms with Crippen LogP contribution < -0.4 is 0 Å². The molecule has 0 radical (unpaired) electrons. The molecule has 6 rings (SSSR count). The third-order valence-corrected chi connectivity index (χ3v) is 5.62. The van der Waals surface area contributed by atoms with Crippen molar-refractivity contribution in [2.75, 3.05) is 0 Å². The molecule has 6 aromatic rings. The number of hydrogen-bond donors (Lipinski definition) is 2. The van der Waals surface area contributed by atoms with Crippen molar-refractivity contribution in [2.45, 2.75) is 0 Å². The molecule has 1 aromatic carbocycles. The van der Waals surface area contributed by atoms with Gasteiger partial charge in [-0.3, -0.25) is 10.1 Å². The van der Waals surface area contributed by atoms with Crippen LogP contribution in [0.1, 0.15) is 0 Å². The lowest BCUT2D eigenvalue weighted by atomic mass is 10.1. The van der Waals surface area contributed by atoms with Gasteiger partial charge in [-0.1, -0.05) is 0 Å². The molecule has 0 spiro atoms. The number of thiophene rings is 1. The topological polar surface area (TPSA) is 96.0 Å². The molecule has 2 N–H and O–H groups in total. The zero-order valence-corrected chi connectivity index (χ0v) is 16.1. The number of pyridine rings is 1. The number of imidazole rings is 1. The van der Waals surface area contributed by atoms with Crippen molar-refractivity contribution in [3.8, 4) is 33.9 Å². The van der Waals surface area contributed by atoms with Gasteiger partial charge in [0.1, 0.15) is 23.1 Å². The maximum absolute atomic E-state index is 14.8. The van der Waals surface area contributed by atoms with Crippen LogP contribution >= 0.6 is 11.3 Å². The summed E-state index contributed by atoms with van der Waals surface area (Å²) < 4.78 is 14.8. The van der Waals surface area contributed by atoms with Gasteiger partial charge in [0, 0.05) is 40.5 Å². The Bertz CT molecular complexity index is 1500. The number of nitrogens with one attached hydrogen (secondary N) is 2. The number of benzene rings is 1. The zero-order chi connectivity index (χ0) is 20.1. The van der Waals surface area contributed by atoms with Gasteiger partial charge in [0.2, 0.25) is 0 Å². The van der Waals surface area contributed by atoms with Crippen molar-refractivity contribution in [3.05, 3.63) is 65.8 Å². The van der Waals surface area contributed by atoms with Crippen LogP contribution in [0.2, 0.25) is 0 Å². The second-order valence-corrected chi connectivity index (χ2v) is 7.51. The average molecular weight is 413 g/mol. The number of aromatic nitrogens is 7. The first-order valence-electron chi connectivity index (χ1n) is 9.08. The number of rotatable bonds is 3. The van der Waals surface area contributed by atoms with E-state index in [-0.39, 0.29) is 5.52 Å². The van der Waals surface area contributed by atoms with Gasteiger partial charge < -0.3 is 4.98 Å². The molecule has 0 aliphatic rings. The first-order chi connectivity index (χ1) is 14.8. The van der Waals surface area contributed by atoms with Crippen LogP contribution in [0.3, 0.4) is 0 Å². The zero-order valence-electron chi connectivity index (χ0n) is 15.3. The minimum Gasteiger partial charge on any atom is -0.337 e. The van der Waals surface area contributed by atoms with E-state index in [4.69, 9.17) is 4.98 Å². The molecule has 0 aliphatic carbocycles. The van der Waals surface area contributed by atoms with Crippen molar-refractivity contribution in [1.29, 1.82) is 0 Å². The summed E-state index contributed by atoms with van der Waals surface area (Å²) in [6.07, 6.45) is 6.48. The third-order valence-electron chi connectivity index (χ3n) is 4.94. The fourth-order valence-electron chi connectivity index (χ4n) is 3.53. The Labute approximate surface area is 172 Å². The highest BCUT2D eigenvalue weighted by Crippen LogP contribution is 2.33. The molecule has 0 aliphatic heterocycles. The van der Waals surface area contributed by atoms with Crippen LogP contribution in [0.15, 0.2) is 59.9 Å². The van der Waals surface area contributed by atoms with Gasteiger partial charge in [0.05, 0.1) is 11.2 Å². The van der Waals surface area contributed by atoms with Crippen molar-refractivity contribution < 1.29 is 4.39 Å². The first-order valence-corrected chi connectivity index (χ1v) is 10.0. The van der Waals surface area contributed by atoms with Crippen LogP contribution in [-0.4, -0.2) is 35.1 Å². The van der Waals surface area contributed by atoms with Crippen molar-refractivity contribution in [2.24, 2.45) is 0 Å². The predicted octanol–water partition coefficient (Wildman–Crippen LogP) is 4.83. The summed E-state index contributed by atoms with van der Waals surface area (Å²) in [6, 6.07) is 7.17. The molecular formula is C21H12FN7S. The van der Waals surface area contributed by atoms with E-state index < -0.39 is 5.82 Å². The lowest BCUT2D eigenvalue weighted by molar-refractivity contribution is 0.636. The Morgan fingerprint density at radius 1 is 0.967 bits per heavy atom. The molecule has 5 aromatic heterocycles. The number of hydrogen-bond acceptors (Lipinski definition) is 6. The van der Waals surface area contributed by atoms with E-state index in [0.717, 1.165) is 27.9 Å². The quantitative estimate of drug-likeness (QED) is 0.433. The van der Waals surface area contributed by atoms with Gasteiger partial charge in [-0.2, -0.15) is 16.4 Å². The monoisotopic (exact) mass is 413 g/mol. The van der Waals surface area contributed by atoms with Crippen molar-refractivity contribution in [1.82, 2.24) is 35.1 Å². The summed E-state index contributed by atoms with van der Waals surface area (Å²) in [7, 11) is 0. The smallest absolute Gasteiger partial charge is 0.157 e. The lowest BCUT2D eigenvalue weighted by Crippen LogP contribution is -1.86. The molecule has 7 nitrogen and oxygen atoms in total. The molecule has 0 saturated heterocycles. The van der Waals surface area contributed by atoms with Crippen LogP contribution in [0.4, 0.5) is 4.39 Å². The Kier molecular flexibility index (Phi) is 3.68. The summed E-state index contributed by atoms with van der Waals surface area (Å²) >= 11 is 1.60. The molecule has 0 atom stereocenters. The maximum atomic E-state index is 14.8. The highest BCUT2D eigenvalue weighted by atomic mass is 32.1. The van der Waals surface area contributed by atoms with E-state index in [1.165, 1.54) is 12.4 Å². The second-order valence-electron chi connectivity index (χ2n) is 6.73. The molecule has 30 heavy (non-hydrogen) atoms. The van der Waals surface area contributed by atoms with E-state index in [1.54, 1.807) is 29.9 Å². The maximum Gasteiger partial charge on any atom is 0.157 e. The van der Waals surface area contributed by atoms with Crippen LogP contribution in [0, 0.1) is 5.82 Å².